The maximum Gasteiger partial charge on any atom is 0.201 e. The van der Waals surface area contributed by atoms with Crippen LogP contribution < -0.4 is 4.90 Å². The minimum absolute atomic E-state index is 0.0304. The van der Waals surface area contributed by atoms with Crippen molar-refractivity contribution in [2.75, 3.05) is 11.9 Å². The van der Waals surface area contributed by atoms with E-state index in [0.29, 0.717) is 9.14 Å². The Kier molecular flexibility index (Phi) is 5.66. The molecular weight excluding hydrogens is 421 g/mol. The molecule has 0 spiro atoms. The SMILES string of the molecule is CN(/C(=C(/I)C(=O)c1ccccc1)c1ccccc1)c1ccccc1. The standard InChI is InChI=1S/C22H18INO/c1-24(19-15-9-4-10-16-19)21(17-11-5-2-6-12-17)20(23)22(25)18-13-7-3-8-14-18/h2-16H,1H3/b21-20+. The number of anilines is 1. The predicted molar refractivity (Wildman–Crippen MR) is 113 cm³/mol. The van der Waals surface area contributed by atoms with Crippen LogP contribution in [0.3, 0.4) is 0 Å². The molecule has 124 valence electrons. The van der Waals surface area contributed by atoms with Crippen LogP contribution in [0.1, 0.15) is 15.9 Å². The van der Waals surface area contributed by atoms with Crippen molar-refractivity contribution in [3.63, 3.8) is 0 Å². The van der Waals surface area contributed by atoms with Gasteiger partial charge < -0.3 is 4.90 Å². The van der Waals surface area contributed by atoms with Gasteiger partial charge in [-0.25, -0.2) is 0 Å². The molecule has 0 radical (unpaired) electrons. The summed E-state index contributed by atoms with van der Waals surface area (Å²) in [6, 6.07) is 29.5. The number of nitrogens with zero attached hydrogens (tertiary/aromatic N) is 1. The Labute approximate surface area is 161 Å². The lowest BCUT2D eigenvalue weighted by atomic mass is 10.1. The summed E-state index contributed by atoms with van der Waals surface area (Å²) in [5.41, 5.74) is 3.65. The van der Waals surface area contributed by atoms with Gasteiger partial charge in [-0.2, -0.15) is 0 Å². The second-order valence-electron chi connectivity index (χ2n) is 5.62. The van der Waals surface area contributed by atoms with Gasteiger partial charge in [0.2, 0.25) is 5.78 Å². The minimum atomic E-state index is 0.0304. The Morgan fingerprint density at radius 1 is 0.720 bits per heavy atom. The number of benzene rings is 3. The average molecular weight is 439 g/mol. The first kappa shape index (κ1) is 17.4. The predicted octanol–water partition coefficient (Wildman–Crippen LogP) is 5.81. The third kappa shape index (κ3) is 3.99. The molecule has 25 heavy (non-hydrogen) atoms. The molecule has 0 heterocycles. The highest BCUT2D eigenvalue weighted by atomic mass is 127. The van der Waals surface area contributed by atoms with Gasteiger partial charge in [0.25, 0.3) is 0 Å². The van der Waals surface area contributed by atoms with Gasteiger partial charge in [0.1, 0.15) is 0 Å². The fourth-order valence-corrected chi connectivity index (χ4v) is 3.65. The molecule has 2 nitrogen and oxygen atoms in total. The van der Waals surface area contributed by atoms with Gasteiger partial charge in [-0.05, 0) is 40.3 Å². The number of hydrogen-bond acceptors (Lipinski definition) is 2. The molecular formula is C22H18INO. The second kappa shape index (κ2) is 8.12. The Hall–Kier alpha value is -2.40. The van der Waals surface area contributed by atoms with Crippen LogP contribution in [0.15, 0.2) is 94.6 Å². The van der Waals surface area contributed by atoms with Crippen LogP contribution in [0.25, 0.3) is 5.70 Å². The van der Waals surface area contributed by atoms with Crippen LogP contribution in [0.5, 0.6) is 0 Å². The van der Waals surface area contributed by atoms with Gasteiger partial charge >= 0.3 is 0 Å². The molecule has 0 aromatic heterocycles. The number of carbonyl (C=O) groups excluding carboxylic acids is 1. The van der Waals surface area contributed by atoms with Crippen LogP contribution in [0.4, 0.5) is 5.69 Å². The highest BCUT2D eigenvalue weighted by Gasteiger charge is 2.20. The third-order valence-corrected chi connectivity index (χ3v) is 4.97. The Bertz CT molecular complexity index is 874. The van der Waals surface area contributed by atoms with E-state index < -0.39 is 0 Å². The van der Waals surface area contributed by atoms with E-state index in [2.05, 4.69) is 27.5 Å². The number of ketones is 1. The molecule has 0 amide bonds. The summed E-state index contributed by atoms with van der Waals surface area (Å²) in [5.74, 6) is 0.0304. The van der Waals surface area contributed by atoms with Gasteiger partial charge in [-0.15, -0.1) is 0 Å². The fourth-order valence-electron chi connectivity index (χ4n) is 2.67. The van der Waals surface area contributed by atoms with Crippen molar-refractivity contribution in [1.29, 1.82) is 0 Å². The number of allylic oxidation sites excluding steroid dienone is 1. The highest BCUT2D eigenvalue weighted by molar-refractivity contribution is 14.1. The Morgan fingerprint density at radius 2 is 1.16 bits per heavy atom. The van der Waals surface area contributed by atoms with Crippen LogP contribution in [-0.4, -0.2) is 12.8 Å². The monoisotopic (exact) mass is 439 g/mol. The molecule has 0 aliphatic carbocycles. The van der Waals surface area contributed by atoms with Crippen molar-refractivity contribution in [3.05, 3.63) is 106 Å². The van der Waals surface area contributed by atoms with Crippen LogP contribution >= 0.6 is 22.6 Å². The van der Waals surface area contributed by atoms with Gasteiger partial charge in [-0.1, -0.05) is 78.9 Å². The molecule has 0 saturated carbocycles. The van der Waals surface area contributed by atoms with E-state index in [9.17, 15) is 4.79 Å². The zero-order valence-electron chi connectivity index (χ0n) is 13.9. The molecule has 0 aliphatic heterocycles. The van der Waals surface area contributed by atoms with E-state index in [0.717, 1.165) is 16.9 Å². The van der Waals surface area contributed by atoms with Gasteiger partial charge in [0.05, 0.1) is 9.28 Å². The third-order valence-electron chi connectivity index (χ3n) is 3.97. The van der Waals surface area contributed by atoms with Crippen molar-refractivity contribution in [3.8, 4) is 0 Å². The maximum atomic E-state index is 13.0. The van der Waals surface area contributed by atoms with E-state index in [1.54, 1.807) is 0 Å². The van der Waals surface area contributed by atoms with Gasteiger partial charge in [0, 0.05) is 18.3 Å². The van der Waals surface area contributed by atoms with Gasteiger partial charge in [0.15, 0.2) is 0 Å². The summed E-state index contributed by atoms with van der Waals surface area (Å²) in [7, 11) is 1.99. The lowest BCUT2D eigenvalue weighted by molar-refractivity contribution is 0.104. The number of Topliss-reactive ketones (excluding diaryl/α,β-unsaturated/α-hetero) is 1. The van der Waals surface area contributed by atoms with Crippen LogP contribution in [0, 0.1) is 0 Å². The van der Waals surface area contributed by atoms with E-state index in [4.69, 9.17) is 0 Å². The summed E-state index contributed by atoms with van der Waals surface area (Å²) in [6.45, 7) is 0. The first-order valence-electron chi connectivity index (χ1n) is 8.02. The quantitative estimate of drug-likeness (QED) is 0.284. The number of para-hydroxylation sites is 1. The van der Waals surface area contributed by atoms with Crippen molar-refractivity contribution in [2.24, 2.45) is 0 Å². The van der Waals surface area contributed by atoms with E-state index >= 15 is 0 Å². The van der Waals surface area contributed by atoms with Crippen molar-refractivity contribution < 1.29 is 4.79 Å². The molecule has 3 heteroatoms. The summed E-state index contributed by atoms with van der Waals surface area (Å²) < 4.78 is 0.696. The van der Waals surface area contributed by atoms with Crippen molar-refractivity contribution in [2.45, 2.75) is 0 Å². The van der Waals surface area contributed by atoms with E-state index in [1.165, 1.54) is 0 Å². The number of carbonyl (C=O) groups is 1. The first-order valence-corrected chi connectivity index (χ1v) is 9.10. The Morgan fingerprint density at radius 3 is 1.68 bits per heavy atom. The normalized spacial score (nSPS) is 11.6. The number of rotatable bonds is 5. The minimum Gasteiger partial charge on any atom is -0.343 e. The van der Waals surface area contributed by atoms with E-state index in [-0.39, 0.29) is 5.78 Å². The zero-order valence-corrected chi connectivity index (χ0v) is 16.1. The molecule has 3 rings (SSSR count). The molecule has 0 saturated heterocycles. The Balaban J connectivity index is 2.12. The largest absolute Gasteiger partial charge is 0.343 e. The zero-order chi connectivity index (χ0) is 17.6. The molecule has 0 unspecified atom stereocenters. The number of halogens is 1. The van der Waals surface area contributed by atoms with Crippen molar-refractivity contribution in [1.82, 2.24) is 0 Å². The maximum absolute atomic E-state index is 13.0. The average Bonchev–Trinajstić information content (AvgIpc) is 2.69. The summed E-state index contributed by atoms with van der Waals surface area (Å²) in [6.07, 6.45) is 0. The lowest BCUT2D eigenvalue weighted by Gasteiger charge is -2.24. The van der Waals surface area contributed by atoms with E-state index in [1.807, 2.05) is 98.0 Å². The molecule has 0 aliphatic rings. The van der Waals surface area contributed by atoms with Crippen molar-refractivity contribution >= 4 is 39.8 Å². The molecule has 3 aromatic rings. The molecule has 0 atom stereocenters. The molecule has 0 fully saturated rings. The second-order valence-corrected chi connectivity index (χ2v) is 6.70. The topological polar surface area (TPSA) is 20.3 Å². The first-order chi connectivity index (χ1) is 12.2. The summed E-state index contributed by atoms with van der Waals surface area (Å²) >= 11 is 2.17. The molecule has 3 aromatic carbocycles. The lowest BCUT2D eigenvalue weighted by Crippen LogP contribution is -2.18. The summed E-state index contributed by atoms with van der Waals surface area (Å²) in [4.78, 5) is 15.1. The molecule has 0 N–H and O–H groups in total. The summed E-state index contributed by atoms with van der Waals surface area (Å²) in [5, 5.41) is 0. The van der Waals surface area contributed by atoms with Crippen LogP contribution in [0.2, 0.25) is 0 Å². The van der Waals surface area contributed by atoms with Crippen LogP contribution in [-0.2, 0) is 0 Å². The highest BCUT2D eigenvalue weighted by Crippen LogP contribution is 2.32. The molecule has 0 bridgehead atoms. The number of hydrogen-bond donors (Lipinski definition) is 0. The smallest absolute Gasteiger partial charge is 0.201 e. The van der Waals surface area contributed by atoms with Gasteiger partial charge in [-0.3, -0.25) is 4.79 Å². The fraction of sp³-hybridized carbons (Fsp3) is 0.0455.